The number of hydrogen-bond donors (Lipinski definition) is 1. The van der Waals surface area contributed by atoms with Gasteiger partial charge in [0.2, 0.25) is 0 Å². The van der Waals surface area contributed by atoms with E-state index in [0.717, 1.165) is 0 Å². The second-order valence-electron chi connectivity index (χ2n) is 3.92. The van der Waals surface area contributed by atoms with Crippen molar-refractivity contribution in [2.45, 2.75) is 19.9 Å². The summed E-state index contributed by atoms with van der Waals surface area (Å²) < 4.78 is 4.64. The minimum Gasteiger partial charge on any atom is -0.460 e. The van der Waals surface area contributed by atoms with Crippen LogP contribution in [0, 0.1) is 4.91 Å². The Kier molecular flexibility index (Phi) is 3.48. The lowest BCUT2D eigenvalue weighted by Crippen LogP contribution is -2.45. The summed E-state index contributed by atoms with van der Waals surface area (Å²) in [6.45, 7) is 3.22. The number of hydrazine groups is 1. The van der Waals surface area contributed by atoms with E-state index in [2.05, 4.69) is 15.2 Å². The maximum absolute atomic E-state index is 12.0. The van der Waals surface area contributed by atoms with Crippen molar-refractivity contribution >= 4 is 29.1 Å². The molecule has 7 nitrogen and oxygen atoms in total. The van der Waals surface area contributed by atoms with E-state index in [1.54, 1.807) is 13.8 Å². The highest BCUT2D eigenvalue weighted by Crippen LogP contribution is 2.27. The van der Waals surface area contributed by atoms with Crippen LogP contribution in [0.25, 0.3) is 0 Å². The third-order valence-electron chi connectivity index (χ3n) is 2.67. The van der Waals surface area contributed by atoms with Crippen molar-refractivity contribution in [3.05, 3.63) is 27.4 Å². The maximum Gasteiger partial charge on any atom is 0.379 e. The molecule has 0 bridgehead atoms. The quantitative estimate of drug-likeness (QED) is 0.355. The first-order valence-electron chi connectivity index (χ1n) is 5.56. The molecule has 1 atom stereocenters. The first kappa shape index (κ1) is 13.4. The molecule has 8 heteroatoms. The van der Waals surface area contributed by atoms with E-state index < -0.39 is 17.8 Å². The lowest BCUT2D eigenvalue weighted by atomic mass is 9.99. The highest BCUT2D eigenvalue weighted by Gasteiger charge is 2.48. The second-order valence-corrected chi connectivity index (χ2v) is 4.32. The van der Waals surface area contributed by atoms with Crippen LogP contribution >= 0.6 is 11.6 Å². The number of Topliss-reactive ketones (excluding diaryl/α,β-unsaturated/α-hetero) is 1. The molecule has 2 heterocycles. The summed E-state index contributed by atoms with van der Waals surface area (Å²) in [4.78, 5) is 39.7. The number of ether oxygens (including phenoxy) is 1. The fourth-order valence-electron chi connectivity index (χ4n) is 1.94. The van der Waals surface area contributed by atoms with Gasteiger partial charge in [0.05, 0.1) is 17.2 Å². The lowest BCUT2D eigenvalue weighted by Gasteiger charge is -2.11. The smallest absolute Gasteiger partial charge is 0.379 e. The van der Waals surface area contributed by atoms with Crippen LogP contribution in [0.1, 0.15) is 13.8 Å². The second kappa shape index (κ2) is 4.93. The average Bonchev–Trinajstić information content (AvgIpc) is 2.64. The van der Waals surface area contributed by atoms with Gasteiger partial charge in [-0.05, 0) is 13.8 Å². The molecule has 0 aliphatic carbocycles. The molecule has 0 aromatic carbocycles. The van der Waals surface area contributed by atoms with Crippen LogP contribution in [0.15, 0.2) is 27.5 Å². The fraction of sp³-hybridized carbons (Fsp3) is 0.364. The molecule has 2 aliphatic heterocycles. The van der Waals surface area contributed by atoms with Crippen LogP contribution in [0.3, 0.4) is 0 Å². The Hall–Kier alpha value is -2.02. The predicted molar refractivity (Wildman–Crippen MR) is 66.3 cm³/mol. The van der Waals surface area contributed by atoms with E-state index in [9.17, 15) is 14.5 Å². The number of nitrogens with one attached hydrogen (secondary N) is 1. The zero-order chi connectivity index (χ0) is 14.2. The summed E-state index contributed by atoms with van der Waals surface area (Å²) in [6, 6.07) is -0.973. The number of hydrogen-bond acceptors (Lipinski definition) is 5. The minimum absolute atomic E-state index is 0.0105. The molecular formula is C11H11ClN3O4+. The number of halogens is 1. The average molecular weight is 285 g/mol. The number of nitrogens with zero attached hydrogens (tertiary/aromatic N) is 2. The molecule has 0 fully saturated rings. The highest BCUT2D eigenvalue weighted by molar-refractivity contribution is 6.42. The van der Waals surface area contributed by atoms with Crippen LogP contribution in [-0.2, 0) is 14.3 Å². The molecule has 0 amide bonds. The normalized spacial score (nSPS) is 21.4. The first-order chi connectivity index (χ1) is 8.95. The Bertz CT molecular complexity index is 576. The van der Waals surface area contributed by atoms with Crippen LogP contribution < -0.4 is 5.43 Å². The molecule has 1 N–H and O–H groups in total. The Morgan fingerprint density at radius 3 is 2.89 bits per heavy atom. The zero-order valence-electron chi connectivity index (χ0n) is 10.3. The van der Waals surface area contributed by atoms with Gasteiger partial charge in [0.1, 0.15) is 16.2 Å². The zero-order valence-corrected chi connectivity index (χ0v) is 11.0. The maximum atomic E-state index is 12.0. The molecule has 100 valence electrons. The Balaban J connectivity index is 2.34. The number of carbonyl (C=O) groups is 2. The van der Waals surface area contributed by atoms with Crippen molar-refractivity contribution in [1.29, 1.82) is 0 Å². The van der Waals surface area contributed by atoms with E-state index in [-0.39, 0.29) is 17.3 Å². The Morgan fingerprint density at radius 2 is 2.26 bits per heavy atom. The summed E-state index contributed by atoms with van der Waals surface area (Å²) in [5, 5.41) is 0.0997. The number of ketones is 1. The summed E-state index contributed by atoms with van der Waals surface area (Å²) >= 11 is 5.70. The predicted octanol–water partition coefficient (Wildman–Crippen LogP) is 0.593. The number of carbonyl (C=O) groups excluding carboxylic acids is 2. The number of nitroso groups, excluding NO2 is 1. The number of fused-ring (bicyclic) bond motifs is 1. The van der Waals surface area contributed by atoms with Gasteiger partial charge in [-0.3, -0.25) is 4.79 Å². The molecular weight excluding hydrogens is 274 g/mol. The largest absolute Gasteiger partial charge is 0.460 e. The molecule has 0 saturated carbocycles. The van der Waals surface area contributed by atoms with Crippen molar-refractivity contribution in [2.24, 2.45) is 4.99 Å². The number of allylic oxidation sites excluding steroid dienone is 1. The van der Waals surface area contributed by atoms with Crippen LogP contribution in [0.5, 0.6) is 0 Å². The van der Waals surface area contributed by atoms with Gasteiger partial charge in [0.25, 0.3) is 5.78 Å². The Morgan fingerprint density at radius 1 is 1.58 bits per heavy atom. The summed E-state index contributed by atoms with van der Waals surface area (Å²) in [6.07, 6.45) is 1.44. The third-order valence-corrected chi connectivity index (χ3v) is 2.87. The minimum atomic E-state index is -0.998. The molecule has 0 radical (unpaired) electrons. The molecule has 2 rings (SSSR count). The Labute approximate surface area is 113 Å². The highest BCUT2D eigenvalue weighted by atomic mass is 35.5. The van der Waals surface area contributed by atoms with Crippen molar-refractivity contribution in [2.75, 3.05) is 6.61 Å². The van der Waals surface area contributed by atoms with E-state index in [4.69, 9.17) is 11.6 Å². The standard InChI is InChI=1S/C11H10ClN3O4/c1-3-19-11(17)10(16)8-5(2)13-6-4-7(12)14-15(18)9(6)8/h4,9H,3H2,1-2H3/p+1. The molecule has 0 spiro atoms. The van der Waals surface area contributed by atoms with Crippen molar-refractivity contribution in [1.82, 2.24) is 5.43 Å². The van der Waals surface area contributed by atoms with E-state index in [1.165, 1.54) is 6.08 Å². The number of aliphatic imine (C=N–C) groups is 1. The monoisotopic (exact) mass is 284 g/mol. The molecule has 0 aromatic rings. The van der Waals surface area contributed by atoms with E-state index in [1.807, 2.05) is 0 Å². The van der Waals surface area contributed by atoms with Crippen LogP contribution in [0.2, 0.25) is 0 Å². The summed E-state index contributed by atoms with van der Waals surface area (Å²) in [7, 11) is 0. The summed E-state index contributed by atoms with van der Waals surface area (Å²) in [5.41, 5.74) is 2.95. The topological polar surface area (TPSA) is 87.8 Å². The SMILES string of the molecule is CCOC(=O)C(=O)C1=C(C)N=C2C=C(Cl)N[N+](=O)C21. The molecule has 0 saturated heterocycles. The van der Waals surface area contributed by atoms with E-state index >= 15 is 0 Å². The van der Waals surface area contributed by atoms with Gasteiger partial charge in [-0.2, -0.15) is 0 Å². The van der Waals surface area contributed by atoms with Crippen molar-refractivity contribution < 1.29 is 19.2 Å². The van der Waals surface area contributed by atoms with Gasteiger partial charge in [-0.15, -0.1) is 5.43 Å². The van der Waals surface area contributed by atoms with E-state index in [0.29, 0.717) is 16.3 Å². The van der Waals surface area contributed by atoms with Gasteiger partial charge in [-0.25, -0.2) is 9.79 Å². The van der Waals surface area contributed by atoms with Gasteiger partial charge in [0.15, 0.2) is 5.16 Å². The van der Waals surface area contributed by atoms with Gasteiger partial charge < -0.3 is 4.74 Å². The molecule has 0 aromatic heterocycles. The van der Waals surface area contributed by atoms with Gasteiger partial charge in [-0.1, -0.05) is 11.6 Å². The molecule has 19 heavy (non-hydrogen) atoms. The lowest BCUT2D eigenvalue weighted by molar-refractivity contribution is -0.610. The van der Waals surface area contributed by atoms with Crippen LogP contribution in [0.4, 0.5) is 0 Å². The van der Waals surface area contributed by atoms with Crippen molar-refractivity contribution in [3.8, 4) is 0 Å². The number of esters is 1. The third kappa shape index (κ3) is 2.28. The summed E-state index contributed by atoms with van der Waals surface area (Å²) in [5.74, 6) is -1.86. The number of rotatable bonds is 3. The molecule has 2 aliphatic rings. The van der Waals surface area contributed by atoms with Gasteiger partial charge in [0, 0.05) is 6.08 Å². The van der Waals surface area contributed by atoms with Crippen molar-refractivity contribution in [3.63, 3.8) is 0 Å². The van der Waals surface area contributed by atoms with Crippen LogP contribution in [-0.4, -0.2) is 35.0 Å². The fourth-order valence-corrected chi connectivity index (χ4v) is 2.13. The van der Waals surface area contributed by atoms with Gasteiger partial charge >= 0.3 is 12.0 Å². The molecule has 1 unspecified atom stereocenters. The first-order valence-corrected chi connectivity index (χ1v) is 5.94.